The Labute approximate surface area is 138 Å². The number of anilines is 1. The second-order valence-corrected chi connectivity index (χ2v) is 5.97. The van der Waals surface area contributed by atoms with Crippen LogP contribution in [0.25, 0.3) is 11.0 Å². The number of nitrogens with one attached hydrogen (secondary N) is 1. The zero-order valence-electron chi connectivity index (χ0n) is 13.3. The number of hydrogen-bond acceptors (Lipinski definition) is 5. The van der Waals surface area contributed by atoms with Crippen LogP contribution < -0.4 is 5.32 Å². The number of hydrogen-bond donors (Lipinski definition) is 1. The maximum absolute atomic E-state index is 12.4. The third-order valence-corrected chi connectivity index (χ3v) is 4.47. The van der Waals surface area contributed by atoms with Crippen molar-refractivity contribution in [2.45, 2.75) is 18.9 Å². The molecule has 1 N–H and O–H groups in total. The van der Waals surface area contributed by atoms with E-state index in [1.54, 1.807) is 17.3 Å². The van der Waals surface area contributed by atoms with Gasteiger partial charge < -0.3 is 14.8 Å². The zero-order chi connectivity index (χ0) is 16.5. The monoisotopic (exact) mass is 326 g/mol. The molecule has 0 unspecified atom stereocenters. The second-order valence-electron chi connectivity index (χ2n) is 5.97. The Kier molecular flexibility index (Phi) is 3.60. The summed E-state index contributed by atoms with van der Waals surface area (Å²) < 4.78 is 3.72. The number of rotatable bonds is 2. The van der Waals surface area contributed by atoms with E-state index in [9.17, 15) is 4.79 Å². The summed E-state index contributed by atoms with van der Waals surface area (Å²) in [6, 6.07) is 5.89. The maximum atomic E-state index is 12.4. The molecule has 0 atom stereocenters. The Morgan fingerprint density at radius 3 is 2.71 bits per heavy atom. The Morgan fingerprint density at radius 2 is 1.96 bits per heavy atom. The van der Waals surface area contributed by atoms with Crippen LogP contribution in [0, 0.1) is 0 Å². The number of carbonyl (C=O) groups is 1. The van der Waals surface area contributed by atoms with E-state index in [4.69, 9.17) is 0 Å². The van der Waals surface area contributed by atoms with Crippen molar-refractivity contribution in [2.75, 3.05) is 18.4 Å². The lowest BCUT2D eigenvalue weighted by Crippen LogP contribution is -2.41. The van der Waals surface area contributed by atoms with E-state index < -0.39 is 0 Å². The molecule has 0 bridgehead atoms. The van der Waals surface area contributed by atoms with Gasteiger partial charge >= 0.3 is 6.03 Å². The van der Waals surface area contributed by atoms with Crippen molar-refractivity contribution < 1.29 is 4.79 Å². The molecule has 0 radical (unpaired) electrons. The molecule has 124 valence electrons. The average Bonchev–Trinajstić information content (AvgIpc) is 3.25. The molecule has 3 heterocycles. The standard InChI is InChI=1S/C15H18N8O/c1-21-14-3-2-11(8-13(14)19-20-21)18-15(24)22-6-4-12(5-7-22)23-9-16-17-10-23/h2-3,8-10,12H,4-7H2,1H3,(H,18,24). The molecule has 0 aliphatic carbocycles. The van der Waals surface area contributed by atoms with Gasteiger partial charge in [0.25, 0.3) is 0 Å². The third-order valence-electron chi connectivity index (χ3n) is 4.47. The van der Waals surface area contributed by atoms with E-state index in [-0.39, 0.29) is 6.03 Å². The third kappa shape index (κ3) is 2.68. The number of nitrogens with zero attached hydrogens (tertiary/aromatic N) is 7. The summed E-state index contributed by atoms with van der Waals surface area (Å²) >= 11 is 0. The predicted molar refractivity (Wildman–Crippen MR) is 87.4 cm³/mol. The minimum Gasteiger partial charge on any atom is -0.324 e. The van der Waals surface area contributed by atoms with E-state index in [1.165, 1.54) is 0 Å². The summed E-state index contributed by atoms with van der Waals surface area (Å²) in [5.41, 5.74) is 2.43. The quantitative estimate of drug-likeness (QED) is 0.769. The smallest absolute Gasteiger partial charge is 0.321 e. The summed E-state index contributed by atoms with van der Waals surface area (Å²) in [6.07, 6.45) is 5.26. The Hall–Kier alpha value is -2.97. The highest BCUT2D eigenvalue weighted by Gasteiger charge is 2.23. The first-order chi connectivity index (χ1) is 11.7. The first-order valence-corrected chi connectivity index (χ1v) is 7.90. The fourth-order valence-corrected chi connectivity index (χ4v) is 3.09. The maximum Gasteiger partial charge on any atom is 0.321 e. The molecule has 1 fully saturated rings. The van der Waals surface area contributed by atoms with E-state index in [0.29, 0.717) is 19.1 Å². The van der Waals surface area contributed by atoms with E-state index in [1.807, 2.05) is 34.7 Å². The number of aromatic nitrogens is 6. The van der Waals surface area contributed by atoms with Gasteiger partial charge in [-0.25, -0.2) is 9.48 Å². The van der Waals surface area contributed by atoms with Crippen molar-refractivity contribution in [1.29, 1.82) is 0 Å². The topological polar surface area (TPSA) is 93.8 Å². The number of piperidine rings is 1. The molecular weight excluding hydrogens is 308 g/mol. The highest BCUT2D eigenvalue weighted by atomic mass is 16.2. The summed E-state index contributed by atoms with van der Waals surface area (Å²) in [4.78, 5) is 14.3. The lowest BCUT2D eigenvalue weighted by molar-refractivity contribution is 0.183. The minimum absolute atomic E-state index is 0.0829. The number of likely N-dealkylation sites (tertiary alicyclic amines) is 1. The number of fused-ring (bicyclic) bond motifs is 1. The Bertz CT molecular complexity index is 848. The highest BCUT2D eigenvalue weighted by Crippen LogP contribution is 2.23. The van der Waals surface area contributed by atoms with Gasteiger partial charge in [0.1, 0.15) is 18.2 Å². The van der Waals surface area contributed by atoms with Crippen LogP contribution in [0.5, 0.6) is 0 Å². The first kappa shape index (κ1) is 14.6. The van der Waals surface area contributed by atoms with Gasteiger partial charge in [-0.05, 0) is 31.0 Å². The summed E-state index contributed by atoms with van der Waals surface area (Å²) in [5, 5.41) is 18.7. The molecule has 1 aliphatic heterocycles. The minimum atomic E-state index is -0.0829. The largest absolute Gasteiger partial charge is 0.324 e. The number of amides is 2. The summed E-state index contributed by atoms with van der Waals surface area (Å²) in [5.74, 6) is 0. The zero-order valence-corrected chi connectivity index (χ0v) is 13.3. The molecule has 2 amide bonds. The Balaban J connectivity index is 1.39. The van der Waals surface area contributed by atoms with Crippen LogP contribution >= 0.6 is 0 Å². The molecule has 9 nitrogen and oxygen atoms in total. The molecule has 1 aromatic carbocycles. The normalized spacial score (nSPS) is 15.8. The molecule has 0 saturated carbocycles. The van der Waals surface area contributed by atoms with Crippen LogP contribution in [0.15, 0.2) is 30.9 Å². The van der Waals surface area contributed by atoms with Gasteiger partial charge in [0.15, 0.2) is 0 Å². The molecule has 9 heteroatoms. The van der Waals surface area contributed by atoms with Crippen LogP contribution in [0.3, 0.4) is 0 Å². The molecule has 2 aromatic heterocycles. The second kappa shape index (κ2) is 5.91. The number of urea groups is 1. The van der Waals surface area contributed by atoms with Crippen LogP contribution in [0.4, 0.5) is 10.5 Å². The molecule has 0 spiro atoms. The number of carbonyl (C=O) groups excluding carboxylic acids is 1. The summed E-state index contributed by atoms with van der Waals surface area (Å²) in [6.45, 7) is 1.42. The SMILES string of the molecule is Cn1nnc2cc(NC(=O)N3CCC(n4cnnc4)CC3)ccc21. The lowest BCUT2D eigenvalue weighted by atomic mass is 10.1. The van der Waals surface area contributed by atoms with Gasteiger partial charge in [-0.2, -0.15) is 0 Å². The van der Waals surface area contributed by atoms with Gasteiger partial charge in [-0.1, -0.05) is 5.21 Å². The van der Waals surface area contributed by atoms with Crippen molar-refractivity contribution >= 4 is 22.8 Å². The van der Waals surface area contributed by atoms with Crippen LogP contribution in [-0.4, -0.2) is 53.8 Å². The van der Waals surface area contributed by atoms with Crippen LogP contribution in [-0.2, 0) is 7.05 Å². The molecule has 1 saturated heterocycles. The van der Waals surface area contributed by atoms with E-state index >= 15 is 0 Å². The highest BCUT2D eigenvalue weighted by molar-refractivity contribution is 5.91. The fraction of sp³-hybridized carbons (Fsp3) is 0.400. The lowest BCUT2D eigenvalue weighted by Gasteiger charge is -2.32. The molecule has 3 aromatic rings. The van der Waals surface area contributed by atoms with Crippen LogP contribution in [0.1, 0.15) is 18.9 Å². The molecule has 1 aliphatic rings. The van der Waals surface area contributed by atoms with Gasteiger partial charge in [-0.3, -0.25) is 0 Å². The van der Waals surface area contributed by atoms with Crippen molar-refractivity contribution in [3.05, 3.63) is 30.9 Å². The summed E-state index contributed by atoms with van der Waals surface area (Å²) in [7, 11) is 1.84. The van der Waals surface area contributed by atoms with Gasteiger partial charge in [0.2, 0.25) is 0 Å². The molecular formula is C15H18N8O. The first-order valence-electron chi connectivity index (χ1n) is 7.90. The van der Waals surface area contributed by atoms with Crippen molar-refractivity contribution in [1.82, 2.24) is 34.7 Å². The fourth-order valence-electron chi connectivity index (χ4n) is 3.09. The van der Waals surface area contributed by atoms with Crippen molar-refractivity contribution in [3.8, 4) is 0 Å². The molecule has 4 rings (SSSR count). The van der Waals surface area contributed by atoms with Gasteiger partial charge in [-0.15, -0.1) is 15.3 Å². The van der Waals surface area contributed by atoms with E-state index in [2.05, 4.69) is 25.8 Å². The van der Waals surface area contributed by atoms with Crippen molar-refractivity contribution in [3.63, 3.8) is 0 Å². The van der Waals surface area contributed by atoms with Gasteiger partial charge in [0.05, 0.1) is 5.52 Å². The predicted octanol–water partition coefficient (Wildman–Crippen LogP) is 1.43. The van der Waals surface area contributed by atoms with Crippen LogP contribution in [0.2, 0.25) is 0 Å². The van der Waals surface area contributed by atoms with Crippen molar-refractivity contribution in [2.24, 2.45) is 7.05 Å². The average molecular weight is 326 g/mol. The number of benzene rings is 1. The van der Waals surface area contributed by atoms with E-state index in [0.717, 1.165) is 29.6 Å². The Morgan fingerprint density at radius 1 is 1.21 bits per heavy atom. The number of aryl methyl sites for hydroxylation is 1. The molecule has 24 heavy (non-hydrogen) atoms. The van der Waals surface area contributed by atoms with Gasteiger partial charge in [0, 0.05) is 31.9 Å².